The van der Waals surface area contributed by atoms with Gasteiger partial charge in [-0.25, -0.2) is 4.90 Å². The van der Waals surface area contributed by atoms with Gasteiger partial charge in [0.15, 0.2) is 0 Å². The van der Waals surface area contributed by atoms with Gasteiger partial charge < -0.3 is 5.32 Å². The van der Waals surface area contributed by atoms with Crippen LogP contribution in [0, 0.1) is 20.8 Å². The van der Waals surface area contributed by atoms with Crippen LogP contribution in [0.2, 0.25) is 0 Å². The van der Waals surface area contributed by atoms with Gasteiger partial charge in [-0.1, -0.05) is 60.6 Å². The number of hydrogen-bond donors (Lipinski definition) is 1. The molecule has 4 nitrogen and oxygen atoms in total. The van der Waals surface area contributed by atoms with E-state index in [0.717, 1.165) is 39.3 Å². The Morgan fingerprint density at radius 1 is 0.812 bits per heavy atom. The fraction of sp³-hybridized carbons (Fsp3) is 0.185. The number of nitrogens with one attached hydrogen (secondary N) is 1. The first-order valence-electron chi connectivity index (χ1n) is 10.7. The first-order chi connectivity index (χ1) is 15.4. The largest absolute Gasteiger partial charge is 0.350 e. The number of carbonyl (C=O) groups is 2. The Kier molecular flexibility index (Phi) is 6.19. The Bertz CT molecular complexity index is 1210. The van der Waals surface area contributed by atoms with Crippen LogP contribution in [0.3, 0.4) is 0 Å². The second kappa shape index (κ2) is 9.05. The minimum absolute atomic E-state index is 0.304. The molecule has 0 aromatic heterocycles. The maximum Gasteiger partial charge on any atom is 0.283 e. The summed E-state index contributed by atoms with van der Waals surface area (Å²) in [6.45, 7) is 8.02. The molecule has 1 N–H and O–H groups in total. The summed E-state index contributed by atoms with van der Waals surface area (Å²) < 4.78 is 0. The van der Waals surface area contributed by atoms with E-state index in [1.807, 2.05) is 87.5 Å². The van der Waals surface area contributed by atoms with Gasteiger partial charge in [-0.15, -0.1) is 0 Å². The second-order valence-corrected chi connectivity index (χ2v) is 9.13. The molecule has 162 valence electrons. The lowest BCUT2D eigenvalue weighted by molar-refractivity contribution is -0.120. The first kappa shape index (κ1) is 21.9. The van der Waals surface area contributed by atoms with Gasteiger partial charge in [-0.2, -0.15) is 0 Å². The molecule has 5 heteroatoms. The van der Waals surface area contributed by atoms with Gasteiger partial charge in [-0.3, -0.25) is 9.59 Å². The number of nitrogens with zero attached hydrogens (tertiary/aromatic N) is 1. The van der Waals surface area contributed by atoms with Gasteiger partial charge in [-0.05, 0) is 74.2 Å². The average Bonchev–Trinajstić information content (AvgIpc) is 2.99. The quantitative estimate of drug-likeness (QED) is 0.464. The van der Waals surface area contributed by atoms with E-state index in [0.29, 0.717) is 16.3 Å². The number of aryl methyl sites for hydroxylation is 4. The van der Waals surface area contributed by atoms with E-state index >= 15 is 0 Å². The standard InChI is InChI=1S/C27H26N2O2S/c1-5-20-8-6-7-9-23(20)28-24-25(32-22-12-10-17(2)11-13-22)27(31)29(26(24)30)21-15-18(3)14-19(4)16-21/h6-16,28H,5H2,1-4H3. The molecular weight excluding hydrogens is 416 g/mol. The summed E-state index contributed by atoms with van der Waals surface area (Å²) in [5, 5.41) is 3.30. The lowest BCUT2D eigenvalue weighted by Crippen LogP contribution is -2.32. The maximum absolute atomic E-state index is 13.6. The summed E-state index contributed by atoms with van der Waals surface area (Å²) in [6.07, 6.45) is 0.819. The average molecular weight is 443 g/mol. The molecule has 3 aromatic rings. The van der Waals surface area contributed by atoms with Crippen molar-refractivity contribution in [1.82, 2.24) is 0 Å². The zero-order valence-electron chi connectivity index (χ0n) is 18.7. The molecule has 4 rings (SSSR count). The van der Waals surface area contributed by atoms with Gasteiger partial charge in [0.2, 0.25) is 0 Å². The normalized spacial score (nSPS) is 13.8. The zero-order chi connectivity index (χ0) is 22.8. The monoisotopic (exact) mass is 442 g/mol. The maximum atomic E-state index is 13.6. The highest BCUT2D eigenvalue weighted by Crippen LogP contribution is 2.38. The summed E-state index contributed by atoms with van der Waals surface area (Å²) in [6, 6.07) is 21.6. The number of benzene rings is 3. The van der Waals surface area contributed by atoms with Crippen molar-refractivity contribution in [3.8, 4) is 0 Å². The molecule has 1 heterocycles. The summed E-state index contributed by atoms with van der Waals surface area (Å²) in [5.74, 6) is -0.637. The van der Waals surface area contributed by atoms with Crippen LogP contribution < -0.4 is 10.2 Å². The molecule has 32 heavy (non-hydrogen) atoms. The predicted octanol–water partition coefficient (Wildman–Crippen LogP) is 6.16. The smallest absolute Gasteiger partial charge is 0.283 e. The lowest BCUT2D eigenvalue weighted by atomic mass is 10.1. The molecule has 3 aromatic carbocycles. The van der Waals surface area contributed by atoms with Crippen LogP contribution in [0.1, 0.15) is 29.2 Å². The Hall–Kier alpha value is -3.31. The van der Waals surface area contributed by atoms with E-state index < -0.39 is 0 Å². The molecule has 0 fully saturated rings. The minimum atomic E-state index is -0.333. The summed E-state index contributed by atoms with van der Waals surface area (Å²) >= 11 is 1.32. The van der Waals surface area contributed by atoms with Crippen LogP contribution in [0.5, 0.6) is 0 Å². The van der Waals surface area contributed by atoms with Crippen LogP contribution in [0.25, 0.3) is 0 Å². The molecule has 0 spiro atoms. The highest BCUT2D eigenvalue weighted by Gasteiger charge is 2.40. The van der Waals surface area contributed by atoms with E-state index in [4.69, 9.17) is 0 Å². The molecule has 0 saturated heterocycles. The Morgan fingerprint density at radius 2 is 1.47 bits per heavy atom. The van der Waals surface area contributed by atoms with Gasteiger partial charge in [0, 0.05) is 10.6 Å². The van der Waals surface area contributed by atoms with E-state index in [-0.39, 0.29) is 11.8 Å². The number of carbonyl (C=O) groups excluding carboxylic acids is 2. The molecule has 0 aliphatic carbocycles. The summed E-state index contributed by atoms with van der Waals surface area (Å²) in [5.41, 5.74) is 6.00. The molecule has 2 amide bonds. The van der Waals surface area contributed by atoms with Crippen LogP contribution >= 0.6 is 11.8 Å². The lowest BCUT2D eigenvalue weighted by Gasteiger charge is -2.17. The van der Waals surface area contributed by atoms with Gasteiger partial charge in [0.05, 0.1) is 5.69 Å². The highest BCUT2D eigenvalue weighted by atomic mass is 32.2. The molecular formula is C27H26N2O2S. The van der Waals surface area contributed by atoms with Crippen molar-refractivity contribution in [1.29, 1.82) is 0 Å². The van der Waals surface area contributed by atoms with E-state index in [1.165, 1.54) is 16.7 Å². The number of rotatable bonds is 6. The highest BCUT2D eigenvalue weighted by molar-refractivity contribution is 8.04. The second-order valence-electron chi connectivity index (χ2n) is 8.05. The Labute approximate surface area is 193 Å². The number of imide groups is 1. The first-order valence-corrected chi connectivity index (χ1v) is 11.5. The number of para-hydroxylation sites is 1. The minimum Gasteiger partial charge on any atom is -0.350 e. The fourth-order valence-corrected chi connectivity index (χ4v) is 4.77. The molecule has 0 atom stereocenters. The van der Waals surface area contributed by atoms with Crippen LogP contribution in [0.15, 0.2) is 82.2 Å². The van der Waals surface area contributed by atoms with Crippen molar-refractivity contribution in [3.63, 3.8) is 0 Å². The Balaban J connectivity index is 1.78. The van der Waals surface area contributed by atoms with Crippen molar-refractivity contribution >= 4 is 35.0 Å². The van der Waals surface area contributed by atoms with Gasteiger partial charge in [0.25, 0.3) is 11.8 Å². The van der Waals surface area contributed by atoms with E-state index in [1.54, 1.807) is 0 Å². The van der Waals surface area contributed by atoms with Crippen molar-refractivity contribution in [2.24, 2.45) is 0 Å². The van der Waals surface area contributed by atoms with E-state index in [9.17, 15) is 9.59 Å². The van der Waals surface area contributed by atoms with Crippen molar-refractivity contribution < 1.29 is 9.59 Å². The number of thioether (sulfide) groups is 1. The predicted molar refractivity (Wildman–Crippen MR) is 132 cm³/mol. The molecule has 0 unspecified atom stereocenters. The van der Waals surface area contributed by atoms with Crippen LogP contribution in [-0.2, 0) is 16.0 Å². The zero-order valence-corrected chi connectivity index (χ0v) is 19.5. The van der Waals surface area contributed by atoms with Crippen LogP contribution in [0.4, 0.5) is 11.4 Å². The van der Waals surface area contributed by atoms with Gasteiger partial charge in [0.1, 0.15) is 10.6 Å². The third-order valence-electron chi connectivity index (χ3n) is 5.40. The number of amides is 2. The Morgan fingerprint density at radius 3 is 2.12 bits per heavy atom. The van der Waals surface area contributed by atoms with Crippen molar-refractivity contribution in [2.45, 2.75) is 39.0 Å². The topological polar surface area (TPSA) is 49.4 Å². The van der Waals surface area contributed by atoms with Gasteiger partial charge >= 0.3 is 0 Å². The third-order valence-corrected chi connectivity index (χ3v) is 6.50. The molecule has 0 bridgehead atoms. The van der Waals surface area contributed by atoms with E-state index in [2.05, 4.69) is 12.2 Å². The molecule has 0 radical (unpaired) electrons. The molecule has 1 aliphatic heterocycles. The number of anilines is 2. The van der Waals surface area contributed by atoms with Crippen molar-refractivity contribution in [2.75, 3.05) is 10.2 Å². The van der Waals surface area contributed by atoms with Crippen molar-refractivity contribution in [3.05, 3.63) is 99.6 Å². The molecule has 0 saturated carbocycles. The van der Waals surface area contributed by atoms with Crippen LogP contribution in [-0.4, -0.2) is 11.8 Å². The SMILES string of the molecule is CCc1ccccc1NC1=C(Sc2ccc(C)cc2)C(=O)N(c2cc(C)cc(C)c2)C1=O. The fourth-order valence-electron chi connectivity index (χ4n) is 3.84. The number of hydrogen-bond acceptors (Lipinski definition) is 4. The summed E-state index contributed by atoms with van der Waals surface area (Å²) in [7, 11) is 0. The summed E-state index contributed by atoms with van der Waals surface area (Å²) in [4.78, 5) is 29.7. The third kappa shape index (κ3) is 4.34. The molecule has 1 aliphatic rings.